The Balaban J connectivity index is 1.98. The zero-order valence-corrected chi connectivity index (χ0v) is 17.9. The number of carbonyl (C=O) groups is 1. The minimum Gasteiger partial charge on any atom is -0.497 e. The summed E-state index contributed by atoms with van der Waals surface area (Å²) in [6, 6.07) is 7.07. The topological polar surface area (TPSA) is 132 Å². The molecular weight excluding hydrogens is 424 g/mol. The second-order valence-electron chi connectivity index (χ2n) is 6.13. The van der Waals surface area contributed by atoms with Crippen molar-refractivity contribution in [2.24, 2.45) is 0 Å². The highest BCUT2D eigenvalue weighted by Gasteiger charge is 2.25. The third-order valence-electron chi connectivity index (χ3n) is 3.78. The van der Waals surface area contributed by atoms with Crippen molar-refractivity contribution in [1.29, 1.82) is 0 Å². The first kappa shape index (κ1) is 22.9. The van der Waals surface area contributed by atoms with Gasteiger partial charge in [-0.2, -0.15) is 4.72 Å². The second-order valence-corrected chi connectivity index (χ2v) is 9.93. The number of rotatable bonds is 9. The molecule has 2 rings (SSSR count). The minimum absolute atomic E-state index is 0.0393. The first-order valence-corrected chi connectivity index (χ1v) is 11.2. The SMILES string of the molecule is COc1ccc(S(=O)(=O)N[C@@H](C)C(=O)OCc2ccc(S(=O)(=O)N(C)C)o2)cc1. The van der Waals surface area contributed by atoms with Crippen LogP contribution in [0.1, 0.15) is 12.7 Å². The van der Waals surface area contributed by atoms with Crippen molar-refractivity contribution < 1.29 is 35.5 Å². The third-order valence-corrected chi connectivity index (χ3v) is 7.03. The Labute approximate surface area is 169 Å². The monoisotopic (exact) mass is 446 g/mol. The van der Waals surface area contributed by atoms with E-state index in [0.29, 0.717) is 5.75 Å². The van der Waals surface area contributed by atoms with E-state index in [2.05, 4.69) is 4.72 Å². The molecule has 0 radical (unpaired) electrons. The number of hydrogen-bond donors (Lipinski definition) is 1. The molecule has 29 heavy (non-hydrogen) atoms. The first-order chi connectivity index (χ1) is 13.5. The van der Waals surface area contributed by atoms with Gasteiger partial charge in [0.2, 0.25) is 15.1 Å². The fourth-order valence-corrected chi connectivity index (χ4v) is 4.13. The van der Waals surface area contributed by atoms with Gasteiger partial charge in [-0.3, -0.25) is 4.79 Å². The normalized spacial score (nSPS) is 13.3. The molecule has 0 amide bonds. The van der Waals surface area contributed by atoms with Crippen LogP contribution in [0.3, 0.4) is 0 Å². The van der Waals surface area contributed by atoms with Crippen molar-refractivity contribution >= 4 is 26.0 Å². The molecule has 1 atom stereocenters. The number of carbonyl (C=O) groups excluding carboxylic acids is 1. The Kier molecular flexibility index (Phi) is 7.06. The molecule has 0 bridgehead atoms. The fourth-order valence-electron chi connectivity index (χ4n) is 2.13. The molecule has 10 nitrogen and oxygen atoms in total. The van der Waals surface area contributed by atoms with E-state index in [1.807, 2.05) is 0 Å². The van der Waals surface area contributed by atoms with Crippen LogP contribution in [-0.4, -0.2) is 54.4 Å². The van der Waals surface area contributed by atoms with E-state index in [1.165, 1.54) is 64.5 Å². The molecular formula is C17H22N2O8S2. The summed E-state index contributed by atoms with van der Waals surface area (Å²) in [5.41, 5.74) is 0. The highest BCUT2D eigenvalue weighted by Crippen LogP contribution is 2.18. The van der Waals surface area contributed by atoms with Crippen LogP contribution in [0.15, 0.2) is 50.8 Å². The van der Waals surface area contributed by atoms with E-state index in [0.717, 1.165) is 4.31 Å². The maximum Gasteiger partial charge on any atom is 0.324 e. The Hall–Kier alpha value is -2.41. The van der Waals surface area contributed by atoms with Gasteiger partial charge in [-0.15, -0.1) is 0 Å². The number of nitrogens with one attached hydrogen (secondary N) is 1. The lowest BCUT2D eigenvalue weighted by molar-refractivity contribution is -0.147. The van der Waals surface area contributed by atoms with E-state index >= 15 is 0 Å². The van der Waals surface area contributed by atoms with Crippen LogP contribution in [0.4, 0.5) is 0 Å². The number of hydrogen-bond acceptors (Lipinski definition) is 8. The third kappa shape index (κ3) is 5.56. The molecule has 0 aliphatic rings. The van der Waals surface area contributed by atoms with Crippen LogP contribution in [0.2, 0.25) is 0 Å². The maximum atomic E-state index is 12.3. The van der Waals surface area contributed by atoms with Crippen LogP contribution >= 0.6 is 0 Å². The molecule has 1 aromatic carbocycles. The van der Waals surface area contributed by atoms with Gasteiger partial charge >= 0.3 is 5.97 Å². The van der Waals surface area contributed by atoms with E-state index in [1.54, 1.807) is 0 Å². The summed E-state index contributed by atoms with van der Waals surface area (Å²) in [6.07, 6.45) is 0. The minimum atomic E-state index is -3.95. The van der Waals surface area contributed by atoms with E-state index < -0.39 is 32.1 Å². The van der Waals surface area contributed by atoms with Gasteiger partial charge in [-0.25, -0.2) is 21.1 Å². The molecule has 1 heterocycles. The lowest BCUT2D eigenvalue weighted by atomic mass is 10.3. The van der Waals surface area contributed by atoms with Gasteiger partial charge < -0.3 is 13.9 Å². The summed E-state index contributed by atoms with van der Waals surface area (Å²) in [4.78, 5) is 12.1. The van der Waals surface area contributed by atoms with Gasteiger partial charge in [0.05, 0.1) is 12.0 Å². The number of nitrogens with zero attached hydrogens (tertiary/aromatic N) is 1. The van der Waals surface area contributed by atoms with Crippen LogP contribution < -0.4 is 9.46 Å². The number of benzene rings is 1. The lowest BCUT2D eigenvalue weighted by Crippen LogP contribution is -2.39. The Morgan fingerprint density at radius 3 is 2.28 bits per heavy atom. The van der Waals surface area contributed by atoms with Crippen molar-refractivity contribution in [2.75, 3.05) is 21.2 Å². The second kappa shape index (κ2) is 8.95. The first-order valence-electron chi connectivity index (χ1n) is 8.31. The van der Waals surface area contributed by atoms with Gasteiger partial charge in [0.15, 0.2) is 0 Å². The number of sulfonamides is 2. The fraction of sp³-hybridized carbons (Fsp3) is 0.353. The summed E-state index contributed by atoms with van der Waals surface area (Å²) in [5, 5.41) is -0.290. The predicted octanol–water partition coefficient (Wildman–Crippen LogP) is 0.949. The van der Waals surface area contributed by atoms with Crippen molar-refractivity contribution in [3.63, 3.8) is 0 Å². The molecule has 0 saturated heterocycles. The van der Waals surface area contributed by atoms with Crippen molar-refractivity contribution in [2.45, 2.75) is 29.6 Å². The van der Waals surface area contributed by atoms with Crippen molar-refractivity contribution in [3.05, 3.63) is 42.2 Å². The van der Waals surface area contributed by atoms with Gasteiger partial charge in [0.1, 0.15) is 24.2 Å². The van der Waals surface area contributed by atoms with Crippen LogP contribution in [0.5, 0.6) is 5.75 Å². The molecule has 1 N–H and O–H groups in total. The lowest BCUT2D eigenvalue weighted by Gasteiger charge is -2.13. The van der Waals surface area contributed by atoms with Crippen molar-refractivity contribution in [1.82, 2.24) is 9.03 Å². The van der Waals surface area contributed by atoms with Crippen LogP contribution in [0, 0.1) is 0 Å². The van der Waals surface area contributed by atoms with Crippen LogP contribution in [-0.2, 0) is 36.2 Å². The zero-order chi connectivity index (χ0) is 21.8. The Morgan fingerprint density at radius 1 is 1.10 bits per heavy atom. The average Bonchev–Trinajstić information content (AvgIpc) is 3.15. The molecule has 160 valence electrons. The van der Waals surface area contributed by atoms with Gasteiger partial charge in [-0.05, 0) is 43.3 Å². The summed E-state index contributed by atoms with van der Waals surface area (Å²) in [6.45, 7) is 0.976. The summed E-state index contributed by atoms with van der Waals surface area (Å²) in [5.74, 6) is -0.259. The standard InChI is InChI=1S/C17H22N2O8S2/c1-12(18-28(21,22)15-8-5-13(25-4)6-9-15)17(20)26-11-14-7-10-16(27-14)29(23,24)19(2)3/h5-10,12,18H,11H2,1-4H3/t12-/m0/s1. The van der Waals surface area contributed by atoms with E-state index in [4.69, 9.17) is 13.9 Å². The number of esters is 1. The van der Waals surface area contributed by atoms with E-state index in [9.17, 15) is 21.6 Å². The highest BCUT2D eigenvalue weighted by molar-refractivity contribution is 7.89. The number of methoxy groups -OCH3 is 1. The smallest absolute Gasteiger partial charge is 0.324 e. The molecule has 0 spiro atoms. The molecule has 0 fully saturated rings. The Morgan fingerprint density at radius 2 is 1.72 bits per heavy atom. The summed E-state index contributed by atoms with van der Waals surface area (Å²) in [7, 11) is -3.53. The molecule has 0 saturated carbocycles. The summed E-state index contributed by atoms with van der Waals surface area (Å²) < 4.78 is 67.0. The van der Waals surface area contributed by atoms with Gasteiger partial charge in [0, 0.05) is 14.1 Å². The van der Waals surface area contributed by atoms with E-state index in [-0.39, 0.29) is 22.4 Å². The molecule has 0 aliphatic heterocycles. The molecule has 12 heteroatoms. The molecule has 0 unspecified atom stereocenters. The Bertz CT molecular complexity index is 1060. The maximum absolute atomic E-state index is 12.3. The predicted molar refractivity (Wildman–Crippen MR) is 102 cm³/mol. The van der Waals surface area contributed by atoms with Gasteiger partial charge in [-0.1, -0.05) is 0 Å². The quantitative estimate of drug-likeness (QED) is 0.563. The number of ether oxygens (including phenoxy) is 2. The number of furan rings is 1. The molecule has 2 aromatic rings. The van der Waals surface area contributed by atoms with Gasteiger partial charge in [0.25, 0.3) is 10.0 Å². The summed E-state index contributed by atoms with van der Waals surface area (Å²) >= 11 is 0. The van der Waals surface area contributed by atoms with Crippen molar-refractivity contribution in [3.8, 4) is 5.75 Å². The highest BCUT2D eigenvalue weighted by atomic mass is 32.2. The van der Waals surface area contributed by atoms with Crippen LogP contribution in [0.25, 0.3) is 0 Å². The average molecular weight is 447 g/mol. The largest absolute Gasteiger partial charge is 0.497 e. The molecule has 1 aromatic heterocycles. The molecule has 0 aliphatic carbocycles. The zero-order valence-electron chi connectivity index (χ0n) is 16.3.